The quantitative estimate of drug-likeness (QED) is 0.151. The first kappa shape index (κ1) is 21.3. The van der Waals surface area contributed by atoms with Crippen molar-refractivity contribution in [3.8, 4) is 0 Å². The highest BCUT2D eigenvalue weighted by molar-refractivity contribution is 8.01. The number of rotatable bonds is 7. The van der Waals surface area contributed by atoms with Crippen LogP contribution in [0.2, 0.25) is 0 Å². The van der Waals surface area contributed by atoms with E-state index in [-0.39, 0.29) is 11.4 Å². The molecule has 1 saturated heterocycles. The normalized spacial score (nSPS) is 21.0. The summed E-state index contributed by atoms with van der Waals surface area (Å²) in [6.07, 6.45) is 1.37. The summed E-state index contributed by atoms with van der Waals surface area (Å²) in [5.74, 6) is -1.87. The Morgan fingerprint density at radius 3 is 2.87 bits per heavy atom. The number of amides is 2. The summed E-state index contributed by atoms with van der Waals surface area (Å²) in [6, 6.07) is -0.938. The van der Waals surface area contributed by atoms with Crippen LogP contribution < -0.4 is 5.32 Å². The van der Waals surface area contributed by atoms with Crippen LogP contribution >= 0.6 is 35.1 Å². The fourth-order valence-electron chi connectivity index (χ4n) is 3.06. The number of thioether (sulfide) groups is 2. The second-order valence-electron chi connectivity index (χ2n) is 6.35. The van der Waals surface area contributed by atoms with E-state index < -0.39 is 29.2 Å². The number of carbonyl (C=O) groups excluding carboxylic acids is 2. The van der Waals surface area contributed by atoms with Crippen molar-refractivity contribution >= 4 is 58.6 Å². The van der Waals surface area contributed by atoms with Crippen LogP contribution in [0, 0.1) is 0 Å². The number of aryl methyl sites for hydroxylation is 1. The molecule has 13 nitrogen and oxygen atoms in total. The van der Waals surface area contributed by atoms with Crippen molar-refractivity contribution in [2.45, 2.75) is 16.6 Å². The summed E-state index contributed by atoms with van der Waals surface area (Å²) >= 11 is 3.68. The number of aromatic nitrogens is 5. The highest BCUT2D eigenvalue weighted by atomic mass is 32.2. The largest absolute Gasteiger partial charge is 0.477 e. The lowest BCUT2D eigenvalue weighted by molar-refractivity contribution is -0.150. The van der Waals surface area contributed by atoms with Gasteiger partial charge in [0.25, 0.3) is 11.8 Å². The monoisotopic (exact) mass is 482 g/mol. The Hall–Kier alpha value is -2.98. The number of tetrazole rings is 1. The first-order valence-electron chi connectivity index (χ1n) is 8.60. The molecule has 2 atom stereocenters. The summed E-state index contributed by atoms with van der Waals surface area (Å²) in [5.41, 5.74) is 0.500. The average Bonchev–Trinajstić information content (AvgIpc) is 3.42. The molecule has 0 spiro atoms. The predicted molar refractivity (Wildman–Crippen MR) is 110 cm³/mol. The highest BCUT2D eigenvalue weighted by Crippen LogP contribution is 2.41. The number of carboxylic acids is 1. The van der Waals surface area contributed by atoms with E-state index in [1.54, 1.807) is 7.05 Å². The second kappa shape index (κ2) is 8.64. The van der Waals surface area contributed by atoms with Crippen molar-refractivity contribution in [2.75, 3.05) is 11.5 Å². The van der Waals surface area contributed by atoms with E-state index in [1.807, 2.05) is 0 Å². The summed E-state index contributed by atoms with van der Waals surface area (Å²) in [4.78, 5) is 38.3. The number of fused-ring (bicyclic) bond motifs is 1. The van der Waals surface area contributed by atoms with Gasteiger partial charge in [-0.2, -0.15) is 0 Å². The fraction of sp³-hybridized carbons (Fsp3) is 0.333. The number of nitrogens with one attached hydrogen (secondary N) is 1. The Kier molecular flexibility index (Phi) is 5.92. The minimum absolute atomic E-state index is 0.0973. The van der Waals surface area contributed by atoms with E-state index in [2.05, 4.69) is 30.4 Å². The van der Waals surface area contributed by atoms with Gasteiger partial charge in [0.2, 0.25) is 5.16 Å². The van der Waals surface area contributed by atoms with E-state index in [4.69, 9.17) is 0 Å². The van der Waals surface area contributed by atoms with Crippen LogP contribution in [0.1, 0.15) is 5.56 Å². The number of oxime groups is 1. The summed E-state index contributed by atoms with van der Waals surface area (Å²) in [6.45, 7) is 0. The minimum Gasteiger partial charge on any atom is -0.477 e. The molecule has 4 rings (SSSR count). The molecule has 0 aliphatic carbocycles. The standard InChI is InChI=1S/C15H14N8O5S3/c1-22-15(18-20-21-22)30-4-7-3-29-13-9(12(25)23(13)10(7)14(26)27)17-11(24)8(19-28)6-2-16-31-5-6/h2,5,9,13,28H,3-4H2,1H3,(H,17,24)(H,26,27)/b19-8+/t9?,13-/m1/s1. The number of carbonyl (C=O) groups is 3. The Bertz CT molecular complexity index is 1100. The maximum atomic E-state index is 12.7. The van der Waals surface area contributed by atoms with Gasteiger partial charge in [0, 0.05) is 29.5 Å². The molecule has 0 bridgehead atoms. The number of carboxylic acid groups (broad SMARTS) is 1. The zero-order valence-corrected chi connectivity index (χ0v) is 18.1. The molecule has 2 aromatic heterocycles. The van der Waals surface area contributed by atoms with Gasteiger partial charge in [0.15, 0.2) is 5.71 Å². The molecule has 0 aromatic carbocycles. The van der Waals surface area contributed by atoms with E-state index >= 15 is 0 Å². The molecule has 3 N–H and O–H groups in total. The third-order valence-electron chi connectivity index (χ3n) is 4.51. The van der Waals surface area contributed by atoms with Gasteiger partial charge in [-0.15, -0.1) is 16.9 Å². The molecular weight excluding hydrogens is 468 g/mol. The first-order valence-corrected chi connectivity index (χ1v) is 11.5. The Morgan fingerprint density at radius 1 is 1.45 bits per heavy atom. The van der Waals surface area contributed by atoms with Crippen molar-refractivity contribution in [3.63, 3.8) is 0 Å². The van der Waals surface area contributed by atoms with Crippen LogP contribution in [0.15, 0.2) is 33.2 Å². The molecule has 2 amide bonds. The van der Waals surface area contributed by atoms with Crippen molar-refractivity contribution in [3.05, 3.63) is 28.4 Å². The van der Waals surface area contributed by atoms with Gasteiger partial charge in [-0.3, -0.25) is 14.5 Å². The zero-order chi connectivity index (χ0) is 22.1. The minimum atomic E-state index is -1.22. The zero-order valence-electron chi connectivity index (χ0n) is 15.7. The van der Waals surface area contributed by atoms with E-state index in [9.17, 15) is 24.7 Å². The second-order valence-corrected chi connectivity index (χ2v) is 9.06. The Morgan fingerprint density at radius 2 is 2.26 bits per heavy atom. The van der Waals surface area contributed by atoms with E-state index in [0.29, 0.717) is 27.8 Å². The van der Waals surface area contributed by atoms with Crippen LogP contribution in [0.25, 0.3) is 0 Å². The summed E-state index contributed by atoms with van der Waals surface area (Å²) in [5, 5.41) is 37.0. The molecule has 2 aliphatic rings. The lowest BCUT2D eigenvalue weighted by atomic mass is 10.0. The maximum Gasteiger partial charge on any atom is 0.352 e. The van der Waals surface area contributed by atoms with Gasteiger partial charge in [-0.25, -0.2) is 13.8 Å². The number of aliphatic carboxylic acids is 1. The van der Waals surface area contributed by atoms with Crippen LogP contribution in [0.4, 0.5) is 0 Å². The topological polar surface area (TPSA) is 176 Å². The molecule has 4 heterocycles. The molecule has 0 radical (unpaired) electrons. The molecule has 162 valence electrons. The third-order valence-corrected chi connectivity index (χ3v) is 7.54. The van der Waals surface area contributed by atoms with Gasteiger partial charge in [0.1, 0.15) is 17.1 Å². The average molecular weight is 483 g/mol. The van der Waals surface area contributed by atoms with Crippen LogP contribution in [0.3, 0.4) is 0 Å². The summed E-state index contributed by atoms with van der Waals surface area (Å²) < 4.78 is 5.32. The van der Waals surface area contributed by atoms with Crippen molar-refractivity contribution in [2.24, 2.45) is 12.2 Å². The molecule has 16 heteroatoms. The number of hydrogen-bond donors (Lipinski definition) is 3. The first-order chi connectivity index (χ1) is 14.9. The SMILES string of the molecule is Cn1nnnc1SCC1=C(C(=O)O)N2C(=O)C(NC(=O)/C(=N/O)c3cnsc3)[C@H]2SC1. The third kappa shape index (κ3) is 3.88. The molecule has 1 fully saturated rings. The molecule has 1 unspecified atom stereocenters. The maximum absolute atomic E-state index is 12.7. The Balaban J connectivity index is 1.49. The van der Waals surface area contributed by atoms with Crippen molar-refractivity contribution in [1.29, 1.82) is 0 Å². The number of nitrogens with zero attached hydrogens (tertiary/aromatic N) is 7. The molecule has 2 aromatic rings. The van der Waals surface area contributed by atoms with Crippen LogP contribution in [0.5, 0.6) is 0 Å². The summed E-state index contributed by atoms with van der Waals surface area (Å²) in [7, 11) is 1.67. The number of β-lactam (4-membered cyclic amide) rings is 1. The lowest BCUT2D eigenvalue weighted by Crippen LogP contribution is -2.71. The van der Waals surface area contributed by atoms with Crippen molar-refractivity contribution in [1.82, 2.24) is 34.8 Å². The van der Waals surface area contributed by atoms with Gasteiger partial charge < -0.3 is 15.6 Å². The lowest BCUT2D eigenvalue weighted by Gasteiger charge is -2.49. The van der Waals surface area contributed by atoms with Gasteiger partial charge in [-0.1, -0.05) is 16.9 Å². The van der Waals surface area contributed by atoms with Gasteiger partial charge in [0.05, 0.1) is 6.20 Å². The number of hydrogen-bond acceptors (Lipinski definition) is 12. The van der Waals surface area contributed by atoms with Crippen LogP contribution in [-0.4, -0.2) is 86.2 Å². The molecular formula is C15H14N8O5S3. The van der Waals surface area contributed by atoms with Gasteiger partial charge in [-0.05, 0) is 27.5 Å². The highest BCUT2D eigenvalue weighted by Gasteiger charge is 2.54. The predicted octanol–water partition coefficient (Wildman–Crippen LogP) is -0.624. The molecule has 0 saturated carbocycles. The molecule has 2 aliphatic heterocycles. The van der Waals surface area contributed by atoms with E-state index in [0.717, 1.165) is 11.5 Å². The Labute approximate surface area is 186 Å². The van der Waals surface area contributed by atoms with Gasteiger partial charge >= 0.3 is 5.97 Å². The molecule has 31 heavy (non-hydrogen) atoms. The van der Waals surface area contributed by atoms with Crippen LogP contribution in [-0.2, 0) is 21.4 Å². The van der Waals surface area contributed by atoms with Crippen molar-refractivity contribution < 1.29 is 24.7 Å². The fourth-order valence-corrected chi connectivity index (χ4v) is 5.91. The van der Waals surface area contributed by atoms with E-state index in [1.165, 1.54) is 44.7 Å². The smallest absolute Gasteiger partial charge is 0.352 e.